The van der Waals surface area contributed by atoms with Gasteiger partial charge >= 0.3 is 6.03 Å². The number of hydrazine groups is 2. The van der Waals surface area contributed by atoms with Crippen LogP contribution in [0.15, 0.2) is 36.4 Å². The van der Waals surface area contributed by atoms with Crippen LogP contribution in [0.4, 0.5) is 4.79 Å². The van der Waals surface area contributed by atoms with Crippen molar-refractivity contribution in [3.05, 3.63) is 36.4 Å². The van der Waals surface area contributed by atoms with Crippen molar-refractivity contribution in [2.45, 2.75) is 0 Å². The predicted octanol–water partition coefficient (Wildman–Crippen LogP) is -0.280. The topological polar surface area (TPSA) is 93.2 Å². The van der Waals surface area contributed by atoms with Crippen molar-refractivity contribution < 1.29 is 4.79 Å². The molecule has 0 bridgehead atoms. The second kappa shape index (κ2) is 7.52. The first-order valence-electron chi connectivity index (χ1n) is 3.28. The zero-order valence-electron chi connectivity index (χ0n) is 6.53. The Morgan fingerprint density at radius 2 is 1.08 bits per heavy atom. The van der Waals surface area contributed by atoms with E-state index < -0.39 is 6.03 Å². The number of nitrogens with two attached hydrogens (primary N) is 2. The molecule has 0 radical (unpaired) electrons. The molecule has 2 amide bonds. The highest BCUT2D eigenvalue weighted by Gasteiger charge is 1.83. The predicted molar refractivity (Wildman–Crippen MR) is 46.5 cm³/mol. The van der Waals surface area contributed by atoms with Crippen LogP contribution >= 0.6 is 0 Å². The van der Waals surface area contributed by atoms with E-state index in [1.54, 1.807) is 10.9 Å². The van der Waals surface area contributed by atoms with E-state index in [-0.39, 0.29) is 0 Å². The lowest BCUT2D eigenvalue weighted by atomic mass is 10.4. The number of nitrogens with one attached hydrogen (secondary N) is 2. The molecule has 0 atom stereocenters. The zero-order chi connectivity index (χ0) is 9.23. The van der Waals surface area contributed by atoms with Gasteiger partial charge in [-0.1, -0.05) is 36.4 Å². The van der Waals surface area contributed by atoms with Gasteiger partial charge in [0.05, 0.1) is 0 Å². The molecule has 0 spiro atoms. The van der Waals surface area contributed by atoms with Crippen LogP contribution in [0, 0.1) is 0 Å². The molecular weight excluding hydrogens is 156 g/mol. The summed E-state index contributed by atoms with van der Waals surface area (Å²) in [5.74, 6) is 9.08. The van der Waals surface area contributed by atoms with E-state index in [2.05, 4.69) is 11.7 Å². The maximum absolute atomic E-state index is 9.71. The van der Waals surface area contributed by atoms with E-state index in [1.165, 1.54) is 0 Å². The highest BCUT2D eigenvalue weighted by Crippen LogP contribution is 1.79. The molecule has 0 saturated heterocycles. The molecule has 0 aromatic heterocycles. The second-order valence-corrected chi connectivity index (χ2v) is 1.77. The maximum Gasteiger partial charge on any atom is 0.343 e. The highest BCUT2D eigenvalue weighted by molar-refractivity contribution is 5.72. The van der Waals surface area contributed by atoms with Crippen LogP contribution < -0.4 is 22.5 Å². The summed E-state index contributed by atoms with van der Waals surface area (Å²) in [6.45, 7) is 0. The van der Waals surface area contributed by atoms with Crippen molar-refractivity contribution in [2.75, 3.05) is 0 Å². The standard InChI is InChI=1S/C6H6.CH6N4O/c1-2-4-6-5-3-1;2-4-1(6)5-3/h1-6H;2-3H2,(H2,4,5,6). The molecule has 1 rings (SSSR count). The Labute approximate surface area is 70.7 Å². The van der Waals surface area contributed by atoms with E-state index in [0.717, 1.165) is 0 Å². The number of benzene rings is 1. The molecule has 5 nitrogen and oxygen atoms in total. The summed E-state index contributed by atoms with van der Waals surface area (Å²) in [6, 6.07) is 11.4. The minimum Gasteiger partial charge on any atom is -0.275 e. The number of hydrogen-bond donors (Lipinski definition) is 4. The van der Waals surface area contributed by atoms with Crippen LogP contribution in [0.5, 0.6) is 0 Å². The smallest absolute Gasteiger partial charge is 0.275 e. The molecule has 5 heteroatoms. The van der Waals surface area contributed by atoms with Gasteiger partial charge < -0.3 is 0 Å². The van der Waals surface area contributed by atoms with Crippen molar-refractivity contribution in [3.8, 4) is 0 Å². The van der Waals surface area contributed by atoms with Crippen LogP contribution in [0.1, 0.15) is 0 Å². The minimum atomic E-state index is -0.602. The molecule has 66 valence electrons. The second-order valence-electron chi connectivity index (χ2n) is 1.77. The summed E-state index contributed by atoms with van der Waals surface area (Å²) in [6.07, 6.45) is 0. The SMILES string of the molecule is NNC(=O)NN.c1ccccc1. The largest absolute Gasteiger partial charge is 0.343 e. The van der Waals surface area contributed by atoms with Crippen molar-refractivity contribution in [3.63, 3.8) is 0 Å². The molecule has 0 heterocycles. The summed E-state index contributed by atoms with van der Waals surface area (Å²) in [5, 5.41) is 0. The lowest BCUT2D eigenvalue weighted by Crippen LogP contribution is -2.43. The van der Waals surface area contributed by atoms with E-state index in [4.69, 9.17) is 0 Å². The lowest BCUT2D eigenvalue weighted by Gasteiger charge is -1.90. The lowest BCUT2D eigenvalue weighted by molar-refractivity contribution is 0.241. The third-order valence-electron chi connectivity index (χ3n) is 0.929. The number of hydrogen-bond acceptors (Lipinski definition) is 3. The fourth-order valence-electron chi connectivity index (χ4n) is 0.427. The van der Waals surface area contributed by atoms with Gasteiger partial charge in [0.1, 0.15) is 0 Å². The number of carbonyl (C=O) groups is 1. The number of rotatable bonds is 0. The van der Waals surface area contributed by atoms with Crippen LogP contribution in [-0.4, -0.2) is 6.03 Å². The highest BCUT2D eigenvalue weighted by atomic mass is 16.2. The van der Waals surface area contributed by atoms with Gasteiger partial charge in [-0.25, -0.2) is 16.5 Å². The normalized spacial score (nSPS) is 7.50. The van der Waals surface area contributed by atoms with Gasteiger partial charge in [-0.3, -0.25) is 10.9 Å². The van der Waals surface area contributed by atoms with Crippen LogP contribution in [0.3, 0.4) is 0 Å². The van der Waals surface area contributed by atoms with Crippen LogP contribution in [0.25, 0.3) is 0 Å². The van der Waals surface area contributed by atoms with Crippen molar-refractivity contribution in [2.24, 2.45) is 11.7 Å². The van der Waals surface area contributed by atoms with Crippen molar-refractivity contribution >= 4 is 6.03 Å². The Morgan fingerprint density at radius 3 is 1.17 bits per heavy atom. The Hall–Kier alpha value is -1.59. The quantitative estimate of drug-likeness (QED) is 0.244. The Morgan fingerprint density at radius 1 is 0.833 bits per heavy atom. The summed E-state index contributed by atoms with van der Waals surface area (Å²) < 4.78 is 0. The third-order valence-corrected chi connectivity index (χ3v) is 0.929. The summed E-state index contributed by atoms with van der Waals surface area (Å²) >= 11 is 0. The maximum atomic E-state index is 9.71. The molecule has 0 aliphatic heterocycles. The van der Waals surface area contributed by atoms with E-state index >= 15 is 0 Å². The first kappa shape index (κ1) is 10.4. The van der Waals surface area contributed by atoms with Gasteiger partial charge in [0.2, 0.25) is 0 Å². The Kier molecular flexibility index (Phi) is 6.52. The fraction of sp³-hybridized carbons (Fsp3) is 0. The van der Waals surface area contributed by atoms with Crippen LogP contribution in [0.2, 0.25) is 0 Å². The molecule has 0 aliphatic rings. The van der Waals surface area contributed by atoms with Crippen molar-refractivity contribution in [1.82, 2.24) is 10.9 Å². The molecular formula is C7H12N4O. The summed E-state index contributed by atoms with van der Waals surface area (Å²) in [7, 11) is 0. The molecule has 6 N–H and O–H groups in total. The van der Waals surface area contributed by atoms with Gasteiger partial charge in [-0.05, 0) is 0 Å². The molecule has 0 fully saturated rings. The number of amides is 2. The van der Waals surface area contributed by atoms with Gasteiger partial charge in [-0.2, -0.15) is 0 Å². The molecule has 0 unspecified atom stereocenters. The monoisotopic (exact) mass is 168 g/mol. The summed E-state index contributed by atoms with van der Waals surface area (Å²) in [4.78, 5) is 9.71. The molecule has 0 saturated carbocycles. The molecule has 12 heavy (non-hydrogen) atoms. The molecule has 1 aromatic rings. The van der Waals surface area contributed by atoms with E-state index in [9.17, 15) is 4.79 Å². The fourth-order valence-corrected chi connectivity index (χ4v) is 0.427. The van der Waals surface area contributed by atoms with Gasteiger partial charge in [0, 0.05) is 0 Å². The van der Waals surface area contributed by atoms with Gasteiger partial charge in [-0.15, -0.1) is 0 Å². The van der Waals surface area contributed by atoms with E-state index in [1.807, 2.05) is 36.4 Å². The molecule has 1 aromatic carbocycles. The Bertz CT molecular complexity index is 169. The minimum absolute atomic E-state index is 0.602. The summed E-state index contributed by atoms with van der Waals surface area (Å²) in [5.41, 5.74) is 3.48. The van der Waals surface area contributed by atoms with Gasteiger partial charge in [0.15, 0.2) is 0 Å². The first-order valence-corrected chi connectivity index (χ1v) is 3.28. The van der Waals surface area contributed by atoms with Crippen molar-refractivity contribution in [1.29, 1.82) is 0 Å². The Balaban J connectivity index is 0.000000202. The number of carbonyl (C=O) groups excluding carboxylic acids is 1. The van der Waals surface area contributed by atoms with Gasteiger partial charge in [0.25, 0.3) is 0 Å². The third kappa shape index (κ3) is 6.53. The first-order chi connectivity index (χ1) is 5.81. The zero-order valence-corrected chi connectivity index (χ0v) is 6.53. The average molecular weight is 168 g/mol. The van der Waals surface area contributed by atoms with E-state index in [0.29, 0.717) is 0 Å². The molecule has 0 aliphatic carbocycles. The van der Waals surface area contributed by atoms with Crippen LogP contribution in [-0.2, 0) is 0 Å². The number of urea groups is 1. The average Bonchev–Trinajstić information content (AvgIpc) is 2.20.